The monoisotopic (exact) mass is 249 g/mol. The maximum Gasteiger partial charge on any atom is 0.119 e. The van der Waals surface area contributed by atoms with Gasteiger partial charge in [0.05, 0.1) is 18.8 Å². The van der Waals surface area contributed by atoms with Crippen molar-refractivity contribution in [2.75, 3.05) is 20.3 Å². The molecule has 18 heavy (non-hydrogen) atoms. The molecule has 3 nitrogen and oxygen atoms in total. The predicted octanol–water partition coefficient (Wildman–Crippen LogP) is 2.91. The Kier molecular flexibility index (Phi) is 5.02. The normalized spacial score (nSPS) is 20.9. The molecule has 0 radical (unpaired) electrons. The van der Waals surface area contributed by atoms with Crippen LogP contribution in [-0.4, -0.2) is 26.4 Å². The fourth-order valence-electron chi connectivity index (χ4n) is 2.42. The van der Waals surface area contributed by atoms with Crippen LogP contribution in [0.15, 0.2) is 24.3 Å². The Morgan fingerprint density at radius 2 is 2.17 bits per heavy atom. The minimum Gasteiger partial charge on any atom is -0.494 e. The van der Waals surface area contributed by atoms with Gasteiger partial charge in [0.25, 0.3) is 0 Å². The summed E-state index contributed by atoms with van der Waals surface area (Å²) in [5.41, 5.74) is 1.27. The van der Waals surface area contributed by atoms with Crippen molar-refractivity contribution in [1.82, 2.24) is 5.32 Å². The third-order valence-corrected chi connectivity index (χ3v) is 3.36. The lowest BCUT2D eigenvalue weighted by atomic mass is 9.99. The van der Waals surface area contributed by atoms with Gasteiger partial charge in [0.2, 0.25) is 0 Å². The van der Waals surface area contributed by atoms with Crippen LogP contribution in [0.4, 0.5) is 0 Å². The van der Waals surface area contributed by atoms with E-state index in [0.717, 1.165) is 31.8 Å². The van der Waals surface area contributed by atoms with E-state index < -0.39 is 0 Å². The van der Waals surface area contributed by atoms with E-state index in [9.17, 15) is 0 Å². The van der Waals surface area contributed by atoms with Crippen molar-refractivity contribution in [3.8, 4) is 5.75 Å². The van der Waals surface area contributed by atoms with E-state index in [1.165, 1.54) is 12.0 Å². The second kappa shape index (κ2) is 6.76. The zero-order valence-corrected chi connectivity index (χ0v) is 11.3. The van der Waals surface area contributed by atoms with Gasteiger partial charge in [0.1, 0.15) is 5.75 Å². The fourth-order valence-corrected chi connectivity index (χ4v) is 2.42. The molecule has 1 aliphatic heterocycles. The summed E-state index contributed by atoms with van der Waals surface area (Å²) in [4.78, 5) is 0. The molecule has 2 rings (SSSR count). The third kappa shape index (κ3) is 3.24. The van der Waals surface area contributed by atoms with Crippen molar-refractivity contribution in [2.45, 2.75) is 38.3 Å². The van der Waals surface area contributed by atoms with E-state index in [-0.39, 0.29) is 6.04 Å². The molecule has 0 aromatic heterocycles. The summed E-state index contributed by atoms with van der Waals surface area (Å²) in [7, 11) is 1.99. The smallest absolute Gasteiger partial charge is 0.119 e. The van der Waals surface area contributed by atoms with E-state index in [4.69, 9.17) is 9.47 Å². The standard InChI is InChI=1S/C15H23NO2/c1-3-10-17-13-8-6-12(7-9-13)15(16-2)14-5-4-11-18-14/h6-9,14-16H,3-5,10-11H2,1-2H3. The molecule has 3 heteroatoms. The molecular formula is C15H23NO2. The molecular weight excluding hydrogens is 226 g/mol. The van der Waals surface area contributed by atoms with Crippen molar-refractivity contribution in [3.05, 3.63) is 29.8 Å². The largest absolute Gasteiger partial charge is 0.494 e. The summed E-state index contributed by atoms with van der Waals surface area (Å²) in [5.74, 6) is 0.947. The van der Waals surface area contributed by atoms with Crippen LogP contribution in [0.25, 0.3) is 0 Å². The summed E-state index contributed by atoms with van der Waals surface area (Å²) in [5, 5.41) is 3.36. The van der Waals surface area contributed by atoms with Gasteiger partial charge in [-0.05, 0) is 44.0 Å². The van der Waals surface area contributed by atoms with Gasteiger partial charge in [-0.25, -0.2) is 0 Å². The molecule has 0 aliphatic carbocycles. The molecule has 1 aromatic carbocycles. The minimum atomic E-state index is 0.285. The number of benzene rings is 1. The maximum absolute atomic E-state index is 5.76. The Labute approximate surface area is 109 Å². The molecule has 0 bridgehead atoms. The first-order valence-electron chi connectivity index (χ1n) is 6.86. The average molecular weight is 249 g/mol. The second-order valence-corrected chi connectivity index (χ2v) is 4.74. The molecule has 1 fully saturated rings. The molecule has 1 N–H and O–H groups in total. The van der Waals surface area contributed by atoms with Gasteiger partial charge in [-0.1, -0.05) is 19.1 Å². The van der Waals surface area contributed by atoms with Gasteiger partial charge in [-0.3, -0.25) is 0 Å². The Hall–Kier alpha value is -1.06. The summed E-state index contributed by atoms with van der Waals surface area (Å²) in [6, 6.07) is 8.64. The molecule has 2 atom stereocenters. The van der Waals surface area contributed by atoms with Crippen molar-refractivity contribution >= 4 is 0 Å². The summed E-state index contributed by atoms with van der Waals surface area (Å²) < 4.78 is 11.4. The SMILES string of the molecule is CCCOc1ccc(C(NC)C2CCCO2)cc1. The first kappa shape index (κ1) is 13.4. The fraction of sp³-hybridized carbons (Fsp3) is 0.600. The summed E-state index contributed by atoms with van der Waals surface area (Å²) in [6.07, 6.45) is 3.65. The Bertz CT molecular complexity index is 344. The van der Waals surface area contributed by atoms with Crippen molar-refractivity contribution in [3.63, 3.8) is 0 Å². The van der Waals surface area contributed by atoms with Crippen molar-refractivity contribution in [1.29, 1.82) is 0 Å². The van der Waals surface area contributed by atoms with Crippen LogP contribution in [-0.2, 0) is 4.74 Å². The molecule has 100 valence electrons. The van der Waals surface area contributed by atoms with E-state index in [1.54, 1.807) is 0 Å². The number of ether oxygens (including phenoxy) is 2. The predicted molar refractivity (Wildman–Crippen MR) is 73.0 cm³/mol. The van der Waals surface area contributed by atoms with E-state index in [2.05, 4.69) is 24.4 Å². The highest BCUT2D eigenvalue weighted by atomic mass is 16.5. The van der Waals surface area contributed by atoms with Crippen LogP contribution in [0.3, 0.4) is 0 Å². The van der Waals surface area contributed by atoms with Crippen LogP contribution < -0.4 is 10.1 Å². The number of rotatable bonds is 6. The van der Waals surface area contributed by atoms with Gasteiger partial charge < -0.3 is 14.8 Å². The highest BCUT2D eigenvalue weighted by molar-refractivity contribution is 5.29. The quantitative estimate of drug-likeness (QED) is 0.841. The molecule has 1 heterocycles. The zero-order valence-electron chi connectivity index (χ0n) is 11.3. The van der Waals surface area contributed by atoms with Gasteiger partial charge in [-0.15, -0.1) is 0 Å². The molecule has 1 aromatic rings. The summed E-state index contributed by atoms with van der Waals surface area (Å²) >= 11 is 0. The van der Waals surface area contributed by atoms with Gasteiger partial charge >= 0.3 is 0 Å². The molecule has 1 aliphatic rings. The highest BCUT2D eigenvalue weighted by Crippen LogP contribution is 2.27. The summed E-state index contributed by atoms with van der Waals surface area (Å²) in [6.45, 7) is 3.78. The van der Waals surface area contributed by atoms with Gasteiger partial charge in [-0.2, -0.15) is 0 Å². The van der Waals surface area contributed by atoms with E-state index in [1.807, 2.05) is 19.2 Å². The molecule has 0 saturated carbocycles. The number of likely N-dealkylation sites (N-methyl/N-ethyl adjacent to an activating group) is 1. The first-order chi connectivity index (χ1) is 8.85. The number of nitrogens with one attached hydrogen (secondary N) is 1. The topological polar surface area (TPSA) is 30.5 Å². The Morgan fingerprint density at radius 1 is 1.39 bits per heavy atom. The van der Waals surface area contributed by atoms with Crippen molar-refractivity contribution in [2.24, 2.45) is 0 Å². The van der Waals surface area contributed by atoms with Gasteiger partial charge in [0, 0.05) is 6.61 Å². The Balaban J connectivity index is 2.02. The number of hydrogen-bond acceptors (Lipinski definition) is 3. The molecule has 0 amide bonds. The van der Waals surface area contributed by atoms with E-state index >= 15 is 0 Å². The minimum absolute atomic E-state index is 0.285. The number of hydrogen-bond donors (Lipinski definition) is 1. The zero-order chi connectivity index (χ0) is 12.8. The van der Waals surface area contributed by atoms with Gasteiger partial charge in [0.15, 0.2) is 0 Å². The third-order valence-electron chi connectivity index (χ3n) is 3.36. The van der Waals surface area contributed by atoms with Crippen LogP contribution in [0.5, 0.6) is 5.75 Å². The van der Waals surface area contributed by atoms with E-state index in [0.29, 0.717) is 6.10 Å². The highest BCUT2D eigenvalue weighted by Gasteiger charge is 2.25. The van der Waals surface area contributed by atoms with Crippen molar-refractivity contribution < 1.29 is 9.47 Å². The lowest BCUT2D eigenvalue weighted by molar-refractivity contribution is 0.0807. The average Bonchev–Trinajstić information content (AvgIpc) is 2.93. The van der Waals surface area contributed by atoms with Crippen LogP contribution >= 0.6 is 0 Å². The molecule has 2 unspecified atom stereocenters. The van der Waals surface area contributed by atoms with Crippen LogP contribution in [0.2, 0.25) is 0 Å². The first-order valence-corrected chi connectivity index (χ1v) is 6.86. The van der Waals surface area contributed by atoms with Crippen LogP contribution in [0.1, 0.15) is 37.8 Å². The molecule has 1 saturated heterocycles. The van der Waals surface area contributed by atoms with Crippen LogP contribution in [0, 0.1) is 0 Å². The maximum atomic E-state index is 5.76. The lowest BCUT2D eigenvalue weighted by Gasteiger charge is -2.23. The Morgan fingerprint density at radius 3 is 2.72 bits per heavy atom. The lowest BCUT2D eigenvalue weighted by Crippen LogP contribution is -2.28. The second-order valence-electron chi connectivity index (χ2n) is 4.74. The molecule has 0 spiro atoms.